The summed E-state index contributed by atoms with van der Waals surface area (Å²) in [5, 5.41) is 9.30. The second-order valence-electron chi connectivity index (χ2n) is 2.93. The normalized spacial score (nSPS) is 38.3. The van der Waals surface area contributed by atoms with Gasteiger partial charge in [0, 0.05) is 23.6 Å². The Hall–Kier alpha value is -0.200. The van der Waals surface area contributed by atoms with Gasteiger partial charge >= 0.3 is 0 Å². The maximum Gasteiger partial charge on any atom is 0.0869 e. The average Bonchev–Trinajstić information content (AvgIpc) is 2.48. The first-order valence-corrected chi connectivity index (χ1v) is 4.67. The second-order valence-corrected chi connectivity index (χ2v) is 4.27. The molecule has 0 amide bonds. The van der Waals surface area contributed by atoms with Crippen molar-refractivity contribution in [2.45, 2.75) is 17.7 Å². The lowest BCUT2D eigenvalue weighted by molar-refractivity contribution is 0.302. The fourth-order valence-corrected chi connectivity index (χ4v) is 3.26. The van der Waals surface area contributed by atoms with Crippen molar-refractivity contribution in [3.8, 4) is 6.07 Å². The molecule has 0 aromatic carbocycles. The van der Waals surface area contributed by atoms with Crippen molar-refractivity contribution in [1.82, 2.24) is 4.90 Å². The smallest absolute Gasteiger partial charge is 0.0869 e. The number of nitriles is 1. The van der Waals surface area contributed by atoms with Gasteiger partial charge in [0.25, 0.3) is 0 Å². The van der Waals surface area contributed by atoms with Crippen LogP contribution in [0.5, 0.6) is 0 Å². The van der Waals surface area contributed by atoms with Crippen LogP contribution in [0, 0.1) is 11.3 Å². The molecule has 2 fully saturated rings. The molecule has 0 aromatic rings. The molecule has 0 aromatic heterocycles. The molecule has 10 heavy (non-hydrogen) atoms. The van der Waals surface area contributed by atoms with Crippen LogP contribution in [0.25, 0.3) is 0 Å². The van der Waals surface area contributed by atoms with Crippen LogP contribution in [0.2, 0.25) is 0 Å². The van der Waals surface area contributed by atoms with E-state index in [1.807, 2.05) is 0 Å². The Bertz CT molecular complexity index is 175. The monoisotopic (exact) mass is 154 g/mol. The van der Waals surface area contributed by atoms with Crippen molar-refractivity contribution in [2.75, 3.05) is 18.8 Å². The van der Waals surface area contributed by atoms with E-state index in [2.05, 4.69) is 22.7 Å². The zero-order valence-electron chi connectivity index (χ0n) is 5.79. The fraction of sp³-hybridized carbons (Fsp3) is 0.857. The lowest BCUT2D eigenvalue weighted by Gasteiger charge is -2.22. The summed E-state index contributed by atoms with van der Waals surface area (Å²) in [4.78, 5) is 2.31. The summed E-state index contributed by atoms with van der Waals surface area (Å²) in [5.74, 6) is 1.26. The SMILES string of the molecule is N#CCN1CC2CC1CS2. The molecule has 0 aliphatic carbocycles. The summed E-state index contributed by atoms with van der Waals surface area (Å²) in [6.07, 6.45) is 1.33. The van der Waals surface area contributed by atoms with Gasteiger partial charge in [-0.2, -0.15) is 17.0 Å². The van der Waals surface area contributed by atoms with Gasteiger partial charge in [0.15, 0.2) is 0 Å². The van der Waals surface area contributed by atoms with Crippen LogP contribution in [-0.2, 0) is 0 Å². The molecule has 2 nitrogen and oxygen atoms in total. The van der Waals surface area contributed by atoms with Crippen molar-refractivity contribution < 1.29 is 0 Å². The van der Waals surface area contributed by atoms with Gasteiger partial charge in [0.1, 0.15) is 0 Å². The van der Waals surface area contributed by atoms with Crippen molar-refractivity contribution in [3.05, 3.63) is 0 Å². The lowest BCUT2D eigenvalue weighted by Crippen LogP contribution is -2.33. The van der Waals surface area contributed by atoms with E-state index in [0.717, 1.165) is 17.8 Å². The molecule has 0 radical (unpaired) electrons. The minimum atomic E-state index is 0.641. The van der Waals surface area contributed by atoms with Gasteiger partial charge in [-0.15, -0.1) is 0 Å². The summed E-state index contributed by atoms with van der Waals surface area (Å²) >= 11 is 2.07. The first-order valence-electron chi connectivity index (χ1n) is 3.63. The zero-order chi connectivity index (χ0) is 6.97. The molecule has 0 spiro atoms. The van der Waals surface area contributed by atoms with E-state index in [0.29, 0.717) is 6.54 Å². The Kier molecular flexibility index (Phi) is 1.59. The molecule has 2 rings (SSSR count). The maximum absolute atomic E-state index is 8.46. The second kappa shape index (κ2) is 2.44. The molecule has 0 saturated carbocycles. The van der Waals surface area contributed by atoms with Gasteiger partial charge in [-0.1, -0.05) is 0 Å². The van der Waals surface area contributed by atoms with Crippen LogP contribution < -0.4 is 0 Å². The van der Waals surface area contributed by atoms with Crippen molar-refractivity contribution in [3.63, 3.8) is 0 Å². The van der Waals surface area contributed by atoms with E-state index >= 15 is 0 Å². The first kappa shape index (κ1) is 6.51. The van der Waals surface area contributed by atoms with E-state index in [4.69, 9.17) is 5.26 Å². The van der Waals surface area contributed by atoms with E-state index in [1.165, 1.54) is 12.2 Å². The quantitative estimate of drug-likeness (QED) is 0.520. The number of thioether (sulfide) groups is 1. The van der Waals surface area contributed by atoms with Gasteiger partial charge in [-0.25, -0.2) is 0 Å². The number of hydrogen-bond donors (Lipinski definition) is 0. The summed E-state index contributed by atoms with van der Waals surface area (Å²) in [5.41, 5.74) is 0. The van der Waals surface area contributed by atoms with Crippen molar-refractivity contribution >= 4 is 11.8 Å². The predicted molar refractivity (Wildman–Crippen MR) is 41.8 cm³/mol. The third kappa shape index (κ3) is 0.920. The molecule has 2 bridgehead atoms. The Morgan fingerprint density at radius 1 is 1.70 bits per heavy atom. The molecule has 3 heteroatoms. The molecular weight excluding hydrogens is 144 g/mol. The van der Waals surface area contributed by atoms with Gasteiger partial charge in [0.05, 0.1) is 12.6 Å². The highest BCUT2D eigenvalue weighted by molar-refractivity contribution is 8.00. The molecule has 2 heterocycles. The Labute approximate surface area is 65.2 Å². The standard InChI is InChI=1S/C7H10N2S/c8-1-2-9-4-7-3-6(9)5-10-7/h6-7H,2-5H2. The number of rotatable bonds is 1. The molecule has 54 valence electrons. The number of hydrogen-bond acceptors (Lipinski definition) is 3. The van der Waals surface area contributed by atoms with Gasteiger partial charge in [0.2, 0.25) is 0 Å². The fourth-order valence-electron chi connectivity index (χ4n) is 1.76. The minimum Gasteiger partial charge on any atom is -0.286 e. The molecule has 2 aliphatic rings. The number of fused-ring (bicyclic) bond motifs is 2. The van der Waals surface area contributed by atoms with Gasteiger partial charge in [-0.3, -0.25) is 4.90 Å². The third-order valence-electron chi connectivity index (χ3n) is 2.29. The van der Waals surface area contributed by atoms with Gasteiger partial charge in [-0.05, 0) is 6.42 Å². The Morgan fingerprint density at radius 2 is 2.60 bits per heavy atom. The molecular formula is C7H10N2S. The topological polar surface area (TPSA) is 27.0 Å². The summed E-state index contributed by atoms with van der Waals surface area (Å²) in [6, 6.07) is 2.94. The van der Waals surface area contributed by atoms with Crippen LogP contribution >= 0.6 is 11.8 Å². The molecule has 2 aliphatic heterocycles. The highest BCUT2D eigenvalue weighted by atomic mass is 32.2. The van der Waals surface area contributed by atoms with Crippen LogP contribution in [0.15, 0.2) is 0 Å². The minimum absolute atomic E-state index is 0.641. The van der Waals surface area contributed by atoms with Gasteiger partial charge < -0.3 is 0 Å². The van der Waals surface area contributed by atoms with Crippen LogP contribution in [0.3, 0.4) is 0 Å². The van der Waals surface area contributed by atoms with Crippen LogP contribution in [0.4, 0.5) is 0 Å². The Balaban J connectivity index is 1.97. The zero-order valence-corrected chi connectivity index (χ0v) is 6.60. The Morgan fingerprint density at radius 3 is 3.10 bits per heavy atom. The lowest BCUT2D eigenvalue weighted by atomic mass is 10.2. The van der Waals surface area contributed by atoms with Crippen molar-refractivity contribution in [2.24, 2.45) is 0 Å². The van der Waals surface area contributed by atoms with E-state index in [1.54, 1.807) is 0 Å². The summed E-state index contributed by atoms with van der Waals surface area (Å²) in [6.45, 7) is 1.80. The molecule has 2 unspecified atom stereocenters. The van der Waals surface area contributed by atoms with E-state index in [9.17, 15) is 0 Å². The molecule has 2 atom stereocenters. The molecule has 0 N–H and O–H groups in total. The van der Waals surface area contributed by atoms with Crippen molar-refractivity contribution in [1.29, 1.82) is 5.26 Å². The number of nitrogens with zero attached hydrogens (tertiary/aromatic N) is 2. The summed E-state index contributed by atoms with van der Waals surface area (Å²) < 4.78 is 0. The highest BCUT2D eigenvalue weighted by Crippen LogP contribution is 2.36. The first-order chi connectivity index (χ1) is 4.90. The van der Waals surface area contributed by atoms with Crippen LogP contribution in [0.1, 0.15) is 6.42 Å². The summed E-state index contributed by atoms with van der Waals surface area (Å²) in [7, 11) is 0. The van der Waals surface area contributed by atoms with E-state index < -0.39 is 0 Å². The third-order valence-corrected chi connectivity index (χ3v) is 3.68. The van der Waals surface area contributed by atoms with Crippen LogP contribution in [-0.4, -0.2) is 35.0 Å². The predicted octanol–water partition coefficient (Wildman–Crippen LogP) is 0.700. The number of likely N-dealkylation sites (tertiary alicyclic amines) is 1. The highest BCUT2D eigenvalue weighted by Gasteiger charge is 2.37. The average molecular weight is 154 g/mol. The van der Waals surface area contributed by atoms with E-state index in [-0.39, 0.29) is 0 Å². The molecule has 2 saturated heterocycles. The largest absolute Gasteiger partial charge is 0.286 e. The maximum atomic E-state index is 8.46.